The highest BCUT2D eigenvalue weighted by Gasteiger charge is 2.28. The minimum absolute atomic E-state index is 0.0738. The summed E-state index contributed by atoms with van der Waals surface area (Å²) < 4.78 is 25.2. The molecule has 43 heavy (non-hydrogen) atoms. The van der Waals surface area contributed by atoms with E-state index in [0.29, 0.717) is 32.6 Å². The van der Waals surface area contributed by atoms with Gasteiger partial charge >= 0.3 is 11.9 Å². The number of carbonyl (C=O) groups is 4. The molecule has 0 aliphatic heterocycles. The molecule has 0 aliphatic rings. The van der Waals surface area contributed by atoms with Gasteiger partial charge in [0.2, 0.25) is 5.91 Å². The lowest BCUT2D eigenvalue weighted by atomic mass is 10.0. The fourth-order valence-electron chi connectivity index (χ4n) is 4.54. The number of carbonyl (C=O) groups excluding carboxylic acids is 4. The topological polar surface area (TPSA) is 127 Å². The predicted octanol–water partition coefficient (Wildman–Crippen LogP) is 5.86. The molecule has 2 aromatic carbocycles. The summed E-state index contributed by atoms with van der Waals surface area (Å²) in [5, 5.41) is 13.4. The van der Waals surface area contributed by atoms with Gasteiger partial charge < -0.3 is 19.4 Å². The zero-order chi connectivity index (χ0) is 31.1. The molecule has 0 spiro atoms. The molecule has 4 aromatic rings. The molecule has 2 aromatic heterocycles. The Balaban J connectivity index is 1.64. The Bertz CT molecular complexity index is 1780. The Kier molecular flexibility index (Phi) is 9.85. The van der Waals surface area contributed by atoms with Crippen LogP contribution in [0.15, 0.2) is 60.3 Å². The monoisotopic (exact) mass is 601 g/mol. The summed E-state index contributed by atoms with van der Waals surface area (Å²) >= 11 is 0.964. The van der Waals surface area contributed by atoms with Crippen molar-refractivity contribution in [2.45, 2.75) is 33.7 Å². The summed E-state index contributed by atoms with van der Waals surface area (Å²) in [6.07, 6.45) is 2.80. The lowest BCUT2D eigenvalue weighted by Gasteiger charge is -2.07. The van der Waals surface area contributed by atoms with Gasteiger partial charge in [0, 0.05) is 39.6 Å². The average Bonchev–Trinajstić information content (AvgIpc) is 3.49. The fourth-order valence-corrected chi connectivity index (χ4v) is 5.73. The number of Topliss-reactive ketones (excluding diaryl/α,β-unsaturated/α-hetero) is 1. The van der Waals surface area contributed by atoms with Crippen LogP contribution in [0, 0.1) is 24.1 Å². The normalized spacial score (nSPS) is 11.2. The van der Waals surface area contributed by atoms with E-state index in [1.807, 2.05) is 18.2 Å². The van der Waals surface area contributed by atoms with Crippen LogP contribution < -0.4 is 5.32 Å². The molecule has 2 heterocycles. The van der Waals surface area contributed by atoms with Gasteiger partial charge in [0.1, 0.15) is 23.3 Å². The maximum atomic E-state index is 13.4. The lowest BCUT2D eigenvalue weighted by Crippen LogP contribution is -2.18. The van der Waals surface area contributed by atoms with Crippen molar-refractivity contribution in [1.82, 2.24) is 4.57 Å². The first kappa shape index (κ1) is 30.9. The van der Waals surface area contributed by atoms with Gasteiger partial charge in [-0.25, -0.2) is 14.0 Å². The third-order valence-electron chi connectivity index (χ3n) is 6.46. The minimum atomic E-state index is -0.668. The number of hydrogen-bond acceptors (Lipinski definition) is 8. The number of anilines is 1. The average molecular weight is 602 g/mol. The maximum absolute atomic E-state index is 13.4. The second-order valence-electron chi connectivity index (χ2n) is 9.35. The van der Waals surface area contributed by atoms with E-state index >= 15 is 0 Å². The van der Waals surface area contributed by atoms with Crippen molar-refractivity contribution in [3.8, 4) is 6.07 Å². The van der Waals surface area contributed by atoms with E-state index in [0.717, 1.165) is 11.3 Å². The molecule has 0 aliphatic carbocycles. The van der Waals surface area contributed by atoms with Gasteiger partial charge in [0.25, 0.3) is 0 Å². The van der Waals surface area contributed by atoms with E-state index in [1.165, 1.54) is 30.3 Å². The standard InChI is InChI=1S/C32H28FN3O6S/c1-4-41-31(39)29-19(3)30(32(40)42-5-2)43-27(29)15-26(37)20(16-34)14-21-17-36(25-9-7-6-8-24(21)25)18-28(38)35-23-12-10-22(33)11-13-23/h6-14,17H,4-5,15,18H2,1-3H3,(H,35,38)/b20-14+. The summed E-state index contributed by atoms with van der Waals surface area (Å²) in [5.41, 5.74) is 1.98. The van der Waals surface area contributed by atoms with E-state index in [4.69, 9.17) is 9.47 Å². The number of halogens is 1. The van der Waals surface area contributed by atoms with E-state index in [1.54, 1.807) is 43.7 Å². The SMILES string of the molecule is CCOC(=O)c1sc(CC(=O)/C(C#N)=C/c2cn(CC(=O)Nc3ccc(F)cc3)c3ccccc23)c(C(=O)OCC)c1C. The number of nitriles is 1. The zero-order valence-electron chi connectivity index (χ0n) is 23.7. The van der Waals surface area contributed by atoms with E-state index in [2.05, 4.69) is 5.32 Å². The summed E-state index contributed by atoms with van der Waals surface area (Å²) in [4.78, 5) is 51.9. The quantitative estimate of drug-likeness (QED) is 0.130. The number of nitrogens with zero attached hydrogens (tertiary/aromatic N) is 2. The van der Waals surface area contributed by atoms with Gasteiger partial charge in [-0.1, -0.05) is 18.2 Å². The van der Waals surface area contributed by atoms with Crippen LogP contribution in [0.3, 0.4) is 0 Å². The molecule has 0 saturated heterocycles. The summed E-state index contributed by atoms with van der Waals surface area (Å²) in [6, 6.07) is 14.6. The van der Waals surface area contributed by atoms with Crippen LogP contribution in [0.25, 0.3) is 17.0 Å². The van der Waals surface area contributed by atoms with Gasteiger partial charge in [0.15, 0.2) is 5.78 Å². The number of rotatable bonds is 11. The van der Waals surface area contributed by atoms with Crippen LogP contribution in [-0.2, 0) is 32.0 Å². The van der Waals surface area contributed by atoms with Gasteiger partial charge in [0.05, 0.1) is 24.4 Å². The van der Waals surface area contributed by atoms with Gasteiger partial charge in [-0.3, -0.25) is 9.59 Å². The number of allylic oxidation sites excluding steroid dienone is 1. The Labute approximate surface area is 251 Å². The number of esters is 2. The molecule has 11 heteroatoms. The van der Waals surface area contributed by atoms with Crippen molar-refractivity contribution in [1.29, 1.82) is 5.26 Å². The van der Waals surface area contributed by atoms with Crippen molar-refractivity contribution < 1.29 is 33.0 Å². The molecule has 0 fully saturated rings. The molecule has 0 bridgehead atoms. The van der Waals surface area contributed by atoms with Crippen molar-refractivity contribution in [2.24, 2.45) is 0 Å². The number of amides is 1. The van der Waals surface area contributed by atoms with Crippen molar-refractivity contribution >= 4 is 57.6 Å². The molecule has 0 saturated carbocycles. The zero-order valence-corrected chi connectivity index (χ0v) is 24.5. The number of ketones is 1. The van der Waals surface area contributed by atoms with Crippen molar-refractivity contribution in [3.63, 3.8) is 0 Å². The third kappa shape index (κ3) is 7.05. The highest BCUT2D eigenvalue weighted by molar-refractivity contribution is 7.14. The Morgan fingerprint density at radius 1 is 1.02 bits per heavy atom. The molecule has 0 radical (unpaired) electrons. The molecule has 1 amide bonds. The minimum Gasteiger partial charge on any atom is -0.462 e. The van der Waals surface area contributed by atoms with Crippen LogP contribution >= 0.6 is 11.3 Å². The third-order valence-corrected chi connectivity index (χ3v) is 7.74. The first-order valence-corrected chi connectivity index (χ1v) is 14.2. The molecular formula is C32H28FN3O6S. The number of benzene rings is 2. The van der Waals surface area contributed by atoms with Crippen LogP contribution in [0.5, 0.6) is 0 Å². The number of thiophene rings is 1. The molecule has 9 nitrogen and oxygen atoms in total. The Morgan fingerprint density at radius 3 is 2.37 bits per heavy atom. The Hall–Kier alpha value is -5.08. The van der Waals surface area contributed by atoms with Gasteiger partial charge in [-0.15, -0.1) is 11.3 Å². The summed E-state index contributed by atoms with van der Waals surface area (Å²) in [5.74, 6) is -2.60. The largest absolute Gasteiger partial charge is 0.462 e. The smallest absolute Gasteiger partial charge is 0.348 e. The summed E-state index contributed by atoms with van der Waals surface area (Å²) in [6.45, 7) is 5.07. The highest BCUT2D eigenvalue weighted by Crippen LogP contribution is 2.31. The number of fused-ring (bicyclic) bond motifs is 1. The highest BCUT2D eigenvalue weighted by atomic mass is 32.1. The molecule has 0 atom stereocenters. The molecule has 4 rings (SSSR count). The lowest BCUT2D eigenvalue weighted by molar-refractivity contribution is -0.117. The predicted molar refractivity (Wildman–Crippen MR) is 160 cm³/mol. The van der Waals surface area contributed by atoms with Crippen LogP contribution in [0.2, 0.25) is 0 Å². The summed E-state index contributed by atoms with van der Waals surface area (Å²) in [7, 11) is 0. The number of aromatic nitrogens is 1. The number of nitrogens with one attached hydrogen (secondary N) is 1. The first-order chi connectivity index (χ1) is 20.7. The van der Waals surface area contributed by atoms with E-state index in [9.17, 15) is 28.8 Å². The number of hydrogen-bond donors (Lipinski definition) is 1. The van der Waals surface area contributed by atoms with E-state index < -0.39 is 23.5 Å². The number of ether oxygens (including phenoxy) is 2. The molecule has 0 unspecified atom stereocenters. The molecular weight excluding hydrogens is 573 g/mol. The van der Waals surface area contributed by atoms with Crippen molar-refractivity contribution in [2.75, 3.05) is 18.5 Å². The molecule has 220 valence electrons. The van der Waals surface area contributed by atoms with Crippen LogP contribution in [-0.4, -0.2) is 41.4 Å². The molecule has 1 N–H and O–H groups in total. The van der Waals surface area contributed by atoms with Crippen molar-refractivity contribution in [3.05, 3.63) is 92.6 Å². The van der Waals surface area contributed by atoms with Crippen LogP contribution in [0.4, 0.5) is 10.1 Å². The van der Waals surface area contributed by atoms with E-state index in [-0.39, 0.29) is 48.1 Å². The maximum Gasteiger partial charge on any atom is 0.348 e. The number of para-hydroxylation sites is 1. The fraction of sp³-hybridized carbons (Fsp3) is 0.219. The first-order valence-electron chi connectivity index (χ1n) is 13.4. The second kappa shape index (κ2) is 13.7. The Morgan fingerprint density at radius 2 is 1.70 bits per heavy atom. The van der Waals surface area contributed by atoms with Gasteiger partial charge in [-0.05, 0) is 62.7 Å². The second-order valence-corrected chi connectivity index (χ2v) is 10.5. The van der Waals surface area contributed by atoms with Gasteiger partial charge in [-0.2, -0.15) is 5.26 Å². The van der Waals surface area contributed by atoms with Crippen LogP contribution in [0.1, 0.15) is 49.9 Å².